The van der Waals surface area contributed by atoms with E-state index in [1.165, 1.54) is 12.1 Å². The van der Waals surface area contributed by atoms with Gasteiger partial charge in [0, 0.05) is 35.4 Å². The summed E-state index contributed by atoms with van der Waals surface area (Å²) >= 11 is 0. The first kappa shape index (κ1) is 19.4. The van der Waals surface area contributed by atoms with Gasteiger partial charge < -0.3 is 13.8 Å². The molecule has 0 spiro atoms. The zero-order chi connectivity index (χ0) is 22.6. The molecule has 3 aromatic heterocycles. The fourth-order valence-electron chi connectivity index (χ4n) is 3.98. The number of furan rings is 2. The summed E-state index contributed by atoms with van der Waals surface area (Å²) in [4.78, 5) is 7.06. The molecule has 33 heavy (non-hydrogen) atoms. The minimum Gasteiger partial charge on any atom is -0.454 e. The quantitative estimate of drug-likeness (QED) is 0.367. The molecule has 1 N–H and O–H groups in total. The lowest BCUT2D eigenvalue weighted by Gasteiger charge is -2.11. The molecule has 0 saturated heterocycles. The van der Waals surface area contributed by atoms with Crippen molar-refractivity contribution in [2.24, 2.45) is 4.99 Å². The fraction of sp³-hybridized carbons (Fsp3) is 0.0385. The number of alkyl halides is 3. The summed E-state index contributed by atoms with van der Waals surface area (Å²) < 4.78 is 53.8. The number of halogens is 3. The molecule has 0 unspecified atom stereocenters. The Hall–Kier alpha value is -4.26. The maximum atomic E-state index is 14.1. The van der Waals surface area contributed by atoms with E-state index in [1.807, 2.05) is 60.7 Å². The third kappa shape index (κ3) is 3.38. The molecule has 4 nitrogen and oxygen atoms in total. The van der Waals surface area contributed by atoms with E-state index in [9.17, 15) is 13.2 Å². The molecule has 6 rings (SSSR count). The number of hydrogen-bond donors (Lipinski definition) is 1. The largest absolute Gasteiger partial charge is 0.454 e. The number of aromatic amines is 1. The summed E-state index contributed by atoms with van der Waals surface area (Å²) in [5.74, 6) is 1.13. The number of benzene rings is 2. The number of hydrogen-bond acceptors (Lipinski definition) is 3. The molecule has 0 fully saturated rings. The zero-order valence-electron chi connectivity index (χ0n) is 17.0. The summed E-state index contributed by atoms with van der Waals surface area (Å²) in [7, 11) is 0. The van der Waals surface area contributed by atoms with Gasteiger partial charge in [0.05, 0.1) is 16.9 Å². The average Bonchev–Trinajstić information content (AvgIpc) is 3.54. The minimum absolute atomic E-state index is 0.112. The number of allylic oxidation sites excluding steroid dienone is 2. The van der Waals surface area contributed by atoms with Crippen molar-refractivity contribution in [3.05, 3.63) is 101 Å². The van der Waals surface area contributed by atoms with Crippen molar-refractivity contribution in [1.82, 2.24) is 4.98 Å². The maximum absolute atomic E-state index is 14.1. The summed E-state index contributed by atoms with van der Waals surface area (Å²) in [5.41, 5.74) is 1.60. The Morgan fingerprint density at radius 3 is 2.00 bits per heavy atom. The van der Waals surface area contributed by atoms with Crippen LogP contribution in [0.5, 0.6) is 0 Å². The third-order valence-electron chi connectivity index (χ3n) is 5.48. The van der Waals surface area contributed by atoms with Gasteiger partial charge in [-0.15, -0.1) is 0 Å². The van der Waals surface area contributed by atoms with Crippen LogP contribution in [0.3, 0.4) is 0 Å². The predicted octanol–water partition coefficient (Wildman–Crippen LogP) is 6.08. The molecule has 4 heterocycles. The van der Waals surface area contributed by atoms with Gasteiger partial charge in [-0.1, -0.05) is 60.7 Å². The topological polar surface area (TPSA) is 54.4 Å². The lowest BCUT2D eigenvalue weighted by molar-refractivity contribution is -0.0694. The minimum atomic E-state index is -4.63. The van der Waals surface area contributed by atoms with Crippen LogP contribution in [0.2, 0.25) is 0 Å². The first-order valence-corrected chi connectivity index (χ1v) is 10.2. The van der Waals surface area contributed by atoms with Crippen LogP contribution in [-0.2, 0) is 0 Å². The lowest BCUT2D eigenvalue weighted by atomic mass is 10.1. The van der Waals surface area contributed by atoms with Crippen LogP contribution < -0.4 is 10.8 Å². The standard InChI is InChI=1S/C26H15F3N2O2/c27-26(28,29)25(19-13-23-17(30-19)11-21(32-23)15-7-3-1-4-8-15)20-14-24-18(31-20)12-22(33-24)16-9-5-2-6-10-16/h1-14,30H/b25-20+. The molecule has 0 radical (unpaired) electrons. The molecular formula is C26H15F3N2O2. The Balaban J connectivity index is 1.43. The second-order valence-corrected chi connectivity index (χ2v) is 7.68. The van der Waals surface area contributed by atoms with Crippen LogP contribution in [0, 0.1) is 0 Å². The first-order chi connectivity index (χ1) is 16.0. The van der Waals surface area contributed by atoms with E-state index in [-0.39, 0.29) is 11.4 Å². The van der Waals surface area contributed by atoms with Gasteiger partial charge in [0.15, 0.2) is 11.0 Å². The van der Waals surface area contributed by atoms with Gasteiger partial charge >= 0.3 is 6.18 Å². The number of H-pyrrole nitrogens is 1. The van der Waals surface area contributed by atoms with Crippen molar-refractivity contribution >= 4 is 22.7 Å². The zero-order valence-corrected chi connectivity index (χ0v) is 17.0. The van der Waals surface area contributed by atoms with Crippen molar-refractivity contribution in [2.45, 2.75) is 6.18 Å². The van der Waals surface area contributed by atoms with Gasteiger partial charge in [-0.25, -0.2) is 4.99 Å². The van der Waals surface area contributed by atoms with E-state index in [0.717, 1.165) is 11.1 Å². The van der Waals surface area contributed by atoms with Crippen molar-refractivity contribution in [3.8, 4) is 22.6 Å². The van der Waals surface area contributed by atoms with Gasteiger partial charge in [-0.2, -0.15) is 13.2 Å². The molecular weight excluding hydrogens is 429 g/mol. The molecule has 0 bridgehead atoms. The average molecular weight is 444 g/mol. The normalized spacial score (nSPS) is 14.8. The molecule has 0 aliphatic carbocycles. The van der Waals surface area contributed by atoms with Crippen LogP contribution >= 0.6 is 0 Å². The fourth-order valence-corrected chi connectivity index (χ4v) is 3.98. The number of nitrogens with one attached hydrogen (secondary N) is 1. The second-order valence-electron chi connectivity index (χ2n) is 7.68. The SMILES string of the molecule is FC(F)(F)/C(=C1\C=c2oc(-c3ccccc3)cc2=N1)c1cc2oc(-c3ccccc3)cc2[nH]1. The third-order valence-corrected chi connectivity index (χ3v) is 5.48. The van der Waals surface area contributed by atoms with Crippen LogP contribution in [0.25, 0.3) is 45.4 Å². The van der Waals surface area contributed by atoms with Crippen LogP contribution in [0.4, 0.5) is 13.2 Å². The van der Waals surface area contributed by atoms with Crippen LogP contribution in [0.1, 0.15) is 5.69 Å². The molecule has 1 aliphatic rings. The molecule has 1 aliphatic heterocycles. The highest BCUT2D eigenvalue weighted by Crippen LogP contribution is 2.39. The van der Waals surface area contributed by atoms with Gasteiger partial charge in [0.25, 0.3) is 0 Å². The number of nitrogens with zero attached hydrogens (tertiary/aromatic N) is 1. The second kappa shape index (κ2) is 7.13. The predicted molar refractivity (Wildman–Crippen MR) is 118 cm³/mol. The highest BCUT2D eigenvalue weighted by Gasteiger charge is 2.39. The molecule has 7 heteroatoms. The molecule has 162 valence electrons. The van der Waals surface area contributed by atoms with Crippen molar-refractivity contribution in [1.29, 1.82) is 0 Å². The highest BCUT2D eigenvalue weighted by atomic mass is 19.4. The van der Waals surface area contributed by atoms with Crippen molar-refractivity contribution in [3.63, 3.8) is 0 Å². The van der Waals surface area contributed by atoms with E-state index < -0.39 is 11.7 Å². The summed E-state index contributed by atoms with van der Waals surface area (Å²) in [6.07, 6.45) is -3.31. The van der Waals surface area contributed by atoms with Gasteiger partial charge in [0.1, 0.15) is 22.5 Å². The van der Waals surface area contributed by atoms with Gasteiger partial charge in [0.2, 0.25) is 0 Å². The summed E-state index contributed by atoms with van der Waals surface area (Å²) in [6, 6.07) is 23.4. The molecule has 2 aromatic carbocycles. The monoisotopic (exact) mass is 444 g/mol. The van der Waals surface area contributed by atoms with E-state index >= 15 is 0 Å². The Kier molecular flexibility index (Phi) is 4.20. The molecule has 0 saturated carbocycles. The Bertz CT molecular complexity index is 1570. The van der Waals surface area contributed by atoms with E-state index in [0.29, 0.717) is 33.4 Å². The smallest absolute Gasteiger partial charge is 0.420 e. The van der Waals surface area contributed by atoms with Gasteiger partial charge in [-0.3, -0.25) is 0 Å². The Morgan fingerprint density at radius 1 is 0.788 bits per heavy atom. The van der Waals surface area contributed by atoms with Crippen molar-refractivity contribution < 1.29 is 22.0 Å². The van der Waals surface area contributed by atoms with Crippen LogP contribution in [-0.4, -0.2) is 11.2 Å². The van der Waals surface area contributed by atoms with E-state index in [2.05, 4.69) is 9.98 Å². The van der Waals surface area contributed by atoms with E-state index in [4.69, 9.17) is 8.83 Å². The summed E-state index contributed by atoms with van der Waals surface area (Å²) in [5, 5.41) is 0.368. The Labute approximate surface area is 185 Å². The number of rotatable bonds is 3. The Morgan fingerprint density at radius 2 is 1.42 bits per heavy atom. The highest BCUT2D eigenvalue weighted by molar-refractivity contribution is 5.87. The lowest BCUT2D eigenvalue weighted by Crippen LogP contribution is -2.14. The maximum Gasteiger partial charge on any atom is 0.420 e. The van der Waals surface area contributed by atoms with Crippen molar-refractivity contribution in [2.75, 3.05) is 0 Å². The molecule has 0 atom stereocenters. The molecule has 5 aromatic rings. The first-order valence-electron chi connectivity index (χ1n) is 10.2. The van der Waals surface area contributed by atoms with E-state index in [1.54, 1.807) is 12.1 Å². The summed E-state index contributed by atoms with van der Waals surface area (Å²) in [6.45, 7) is 0. The molecule has 0 amide bonds. The van der Waals surface area contributed by atoms with Crippen LogP contribution in [0.15, 0.2) is 98.4 Å². The number of aromatic nitrogens is 1. The van der Waals surface area contributed by atoms with Gasteiger partial charge in [-0.05, 0) is 0 Å². The number of fused-ring (bicyclic) bond motifs is 2.